The Morgan fingerprint density at radius 1 is 1.58 bits per heavy atom. The molecule has 104 valence electrons. The van der Waals surface area contributed by atoms with E-state index in [0.29, 0.717) is 0 Å². The normalized spacial score (nSPS) is 10.4. The molecule has 1 aromatic rings. The SMILES string of the molecule is CCOC(=O)c1cc(OC)nc([N+](=O)[O-])c1C(F)F. The number of nitro groups is 1. The number of methoxy groups -OCH3 is 1. The molecule has 0 saturated heterocycles. The van der Waals surface area contributed by atoms with E-state index in [0.717, 1.165) is 13.2 Å². The van der Waals surface area contributed by atoms with Crippen LogP contribution >= 0.6 is 0 Å². The van der Waals surface area contributed by atoms with Crippen LogP contribution in [0.1, 0.15) is 29.3 Å². The molecule has 7 nitrogen and oxygen atoms in total. The lowest BCUT2D eigenvalue weighted by Crippen LogP contribution is -2.12. The maximum absolute atomic E-state index is 12.9. The highest BCUT2D eigenvalue weighted by Crippen LogP contribution is 2.33. The van der Waals surface area contributed by atoms with Crippen molar-refractivity contribution in [2.45, 2.75) is 13.3 Å². The Morgan fingerprint density at radius 2 is 2.21 bits per heavy atom. The van der Waals surface area contributed by atoms with Gasteiger partial charge in [0.1, 0.15) is 5.56 Å². The van der Waals surface area contributed by atoms with E-state index in [1.165, 1.54) is 6.92 Å². The topological polar surface area (TPSA) is 91.6 Å². The monoisotopic (exact) mass is 276 g/mol. The molecule has 0 spiro atoms. The van der Waals surface area contributed by atoms with Crippen LogP contribution in [0.5, 0.6) is 5.88 Å². The second-order valence-electron chi connectivity index (χ2n) is 3.23. The molecule has 1 rings (SSSR count). The number of pyridine rings is 1. The van der Waals surface area contributed by atoms with E-state index in [9.17, 15) is 23.7 Å². The third-order valence-electron chi connectivity index (χ3n) is 2.11. The first-order chi connectivity index (χ1) is 8.92. The molecule has 0 N–H and O–H groups in total. The fourth-order valence-corrected chi connectivity index (χ4v) is 1.36. The summed E-state index contributed by atoms with van der Waals surface area (Å²) in [5.74, 6) is -2.54. The number of esters is 1. The van der Waals surface area contributed by atoms with E-state index < -0.39 is 34.3 Å². The van der Waals surface area contributed by atoms with Crippen molar-refractivity contribution in [1.29, 1.82) is 0 Å². The number of alkyl halides is 2. The Balaban J connectivity index is 3.52. The van der Waals surface area contributed by atoms with Crippen LogP contribution < -0.4 is 4.74 Å². The molecule has 0 radical (unpaired) electrons. The van der Waals surface area contributed by atoms with Gasteiger partial charge in [0.15, 0.2) is 0 Å². The fraction of sp³-hybridized carbons (Fsp3) is 0.400. The fourth-order valence-electron chi connectivity index (χ4n) is 1.36. The average molecular weight is 276 g/mol. The first-order valence-electron chi connectivity index (χ1n) is 5.10. The van der Waals surface area contributed by atoms with Gasteiger partial charge >= 0.3 is 17.7 Å². The number of hydrogen-bond acceptors (Lipinski definition) is 6. The zero-order chi connectivity index (χ0) is 14.6. The first kappa shape index (κ1) is 14.7. The van der Waals surface area contributed by atoms with Crippen molar-refractivity contribution in [2.24, 2.45) is 0 Å². The number of carbonyl (C=O) groups excluding carboxylic acids is 1. The smallest absolute Gasteiger partial charge is 0.377 e. The summed E-state index contributed by atoms with van der Waals surface area (Å²) in [5.41, 5.74) is -1.71. The van der Waals surface area contributed by atoms with Gasteiger partial charge in [0.2, 0.25) is 0 Å². The number of carbonyl (C=O) groups is 1. The lowest BCUT2D eigenvalue weighted by molar-refractivity contribution is -0.391. The summed E-state index contributed by atoms with van der Waals surface area (Å²) < 4.78 is 35.0. The van der Waals surface area contributed by atoms with Crippen LogP contribution in [0.2, 0.25) is 0 Å². The van der Waals surface area contributed by atoms with Crippen LogP contribution in [0.25, 0.3) is 0 Å². The predicted molar refractivity (Wildman–Crippen MR) is 58.4 cm³/mol. The van der Waals surface area contributed by atoms with Crippen LogP contribution in [-0.2, 0) is 4.74 Å². The van der Waals surface area contributed by atoms with Crippen molar-refractivity contribution < 1.29 is 28.0 Å². The molecule has 0 aliphatic rings. The van der Waals surface area contributed by atoms with Crippen molar-refractivity contribution in [3.63, 3.8) is 0 Å². The van der Waals surface area contributed by atoms with Gasteiger partial charge in [-0.3, -0.25) is 0 Å². The summed E-state index contributed by atoms with van der Waals surface area (Å²) in [6, 6.07) is 0.881. The molecule has 0 aromatic carbocycles. The van der Waals surface area contributed by atoms with Gasteiger partial charge in [-0.25, -0.2) is 13.6 Å². The molecule has 1 heterocycles. The summed E-state index contributed by atoms with van der Waals surface area (Å²) in [6.45, 7) is 1.42. The summed E-state index contributed by atoms with van der Waals surface area (Å²) in [4.78, 5) is 24.5. The van der Waals surface area contributed by atoms with Crippen LogP contribution in [0, 0.1) is 10.1 Å². The standard InChI is InChI=1S/C10H10F2N2O5/c1-3-19-10(15)5-4-6(18-2)13-9(14(16)17)7(5)8(11)12/h4,8H,3H2,1-2H3. The van der Waals surface area contributed by atoms with Gasteiger partial charge in [-0.15, -0.1) is 0 Å². The Kier molecular flexibility index (Phi) is 4.67. The zero-order valence-electron chi connectivity index (χ0n) is 10.1. The van der Waals surface area contributed by atoms with E-state index in [4.69, 9.17) is 0 Å². The van der Waals surface area contributed by atoms with E-state index in [2.05, 4.69) is 14.5 Å². The molecule has 0 fully saturated rings. The number of aromatic nitrogens is 1. The van der Waals surface area contributed by atoms with Crippen LogP contribution in [0.4, 0.5) is 14.6 Å². The molecule has 0 aliphatic carbocycles. The van der Waals surface area contributed by atoms with E-state index in [-0.39, 0.29) is 12.5 Å². The third-order valence-corrected chi connectivity index (χ3v) is 2.11. The quantitative estimate of drug-likeness (QED) is 0.464. The third kappa shape index (κ3) is 3.12. The summed E-state index contributed by atoms with van der Waals surface area (Å²) in [7, 11) is 1.14. The minimum atomic E-state index is -3.24. The Labute approximate surface area is 106 Å². The lowest BCUT2D eigenvalue weighted by Gasteiger charge is -2.08. The highest BCUT2D eigenvalue weighted by molar-refractivity contribution is 5.92. The van der Waals surface area contributed by atoms with E-state index in [1.54, 1.807) is 0 Å². The number of rotatable bonds is 5. The largest absolute Gasteiger partial charge is 0.463 e. The average Bonchev–Trinajstić information content (AvgIpc) is 2.37. The van der Waals surface area contributed by atoms with Gasteiger partial charge < -0.3 is 19.6 Å². The van der Waals surface area contributed by atoms with Crippen molar-refractivity contribution in [2.75, 3.05) is 13.7 Å². The maximum atomic E-state index is 12.9. The summed E-state index contributed by atoms with van der Waals surface area (Å²) >= 11 is 0. The van der Waals surface area contributed by atoms with E-state index >= 15 is 0 Å². The minimum Gasteiger partial charge on any atom is -0.463 e. The highest BCUT2D eigenvalue weighted by atomic mass is 19.3. The zero-order valence-corrected chi connectivity index (χ0v) is 10.1. The lowest BCUT2D eigenvalue weighted by atomic mass is 10.1. The first-order valence-corrected chi connectivity index (χ1v) is 5.10. The summed E-state index contributed by atoms with van der Waals surface area (Å²) in [6.07, 6.45) is -3.24. The number of nitrogens with zero attached hydrogens (tertiary/aromatic N) is 2. The van der Waals surface area contributed by atoms with Gasteiger partial charge in [-0.1, -0.05) is 0 Å². The second kappa shape index (κ2) is 6.03. The van der Waals surface area contributed by atoms with Crippen molar-refractivity contribution in [1.82, 2.24) is 4.98 Å². The number of hydrogen-bond donors (Lipinski definition) is 0. The Hall–Kier alpha value is -2.32. The van der Waals surface area contributed by atoms with Crippen LogP contribution in [0.3, 0.4) is 0 Å². The van der Waals surface area contributed by atoms with Crippen LogP contribution in [-0.4, -0.2) is 29.6 Å². The van der Waals surface area contributed by atoms with Crippen molar-refractivity contribution in [3.05, 3.63) is 27.3 Å². The van der Waals surface area contributed by atoms with Gasteiger partial charge in [0.05, 0.1) is 19.3 Å². The second-order valence-corrected chi connectivity index (χ2v) is 3.23. The van der Waals surface area contributed by atoms with Crippen molar-refractivity contribution >= 4 is 11.8 Å². The molecule has 19 heavy (non-hydrogen) atoms. The summed E-state index contributed by atoms with van der Waals surface area (Å²) in [5, 5.41) is 10.7. The molecular weight excluding hydrogens is 266 g/mol. The van der Waals surface area contributed by atoms with Gasteiger partial charge in [-0.2, -0.15) is 0 Å². The van der Waals surface area contributed by atoms with Crippen molar-refractivity contribution in [3.8, 4) is 5.88 Å². The Bertz CT molecular complexity index is 507. The van der Waals surface area contributed by atoms with Crippen LogP contribution in [0.15, 0.2) is 6.07 Å². The molecule has 0 unspecified atom stereocenters. The minimum absolute atomic E-state index is 0.0556. The molecule has 0 atom stereocenters. The molecule has 0 aliphatic heterocycles. The molecule has 0 bridgehead atoms. The molecule has 0 saturated carbocycles. The molecule has 0 amide bonds. The van der Waals surface area contributed by atoms with Gasteiger partial charge in [0.25, 0.3) is 6.43 Å². The number of ether oxygens (including phenoxy) is 2. The van der Waals surface area contributed by atoms with Gasteiger partial charge in [0, 0.05) is 11.1 Å². The molecule has 9 heteroatoms. The maximum Gasteiger partial charge on any atom is 0.377 e. The Morgan fingerprint density at radius 3 is 2.63 bits per heavy atom. The highest BCUT2D eigenvalue weighted by Gasteiger charge is 2.33. The van der Waals surface area contributed by atoms with E-state index in [1.807, 2.05) is 0 Å². The van der Waals surface area contributed by atoms with Gasteiger partial charge in [-0.05, 0) is 11.8 Å². The molecule has 1 aromatic heterocycles. The molecular formula is C10H10F2N2O5. The predicted octanol–water partition coefficient (Wildman–Crippen LogP) is 2.11. The number of halogens is 2.